The fourth-order valence-corrected chi connectivity index (χ4v) is 1.57. The van der Waals surface area contributed by atoms with Crippen LogP contribution in [0.3, 0.4) is 0 Å². The van der Waals surface area contributed by atoms with Gasteiger partial charge in [-0.25, -0.2) is 14.2 Å². The SMILES string of the molecule is Nc1cnc(Oc2ccc(F)cc2Cl)c(C(=O)O)c1. The van der Waals surface area contributed by atoms with Crippen molar-refractivity contribution in [3.05, 3.63) is 46.9 Å². The fourth-order valence-electron chi connectivity index (χ4n) is 1.37. The molecule has 98 valence electrons. The Morgan fingerprint density at radius 1 is 1.42 bits per heavy atom. The van der Waals surface area contributed by atoms with Gasteiger partial charge in [-0.2, -0.15) is 0 Å². The van der Waals surface area contributed by atoms with Crippen LogP contribution in [0.2, 0.25) is 5.02 Å². The molecule has 0 atom stereocenters. The van der Waals surface area contributed by atoms with Crippen molar-refractivity contribution in [2.75, 3.05) is 5.73 Å². The van der Waals surface area contributed by atoms with E-state index in [2.05, 4.69) is 4.98 Å². The average Bonchev–Trinajstić information content (AvgIpc) is 2.34. The molecule has 0 unspecified atom stereocenters. The molecule has 0 bridgehead atoms. The van der Waals surface area contributed by atoms with Gasteiger partial charge in [-0.15, -0.1) is 0 Å². The molecule has 0 saturated carbocycles. The van der Waals surface area contributed by atoms with Crippen LogP contribution in [-0.4, -0.2) is 16.1 Å². The Balaban J connectivity index is 2.40. The third-order valence-corrected chi connectivity index (χ3v) is 2.50. The fraction of sp³-hybridized carbons (Fsp3) is 0. The minimum Gasteiger partial charge on any atom is -0.477 e. The standard InChI is InChI=1S/C12H8ClFN2O3/c13-9-3-6(14)1-2-10(9)19-11-8(12(17)18)4-7(15)5-16-11/h1-5H,15H2,(H,17,18). The number of anilines is 1. The molecule has 3 N–H and O–H groups in total. The normalized spacial score (nSPS) is 10.2. The summed E-state index contributed by atoms with van der Waals surface area (Å²) in [7, 11) is 0. The van der Waals surface area contributed by atoms with E-state index < -0.39 is 11.8 Å². The number of hydrogen-bond donors (Lipinski definition) is 2. The van der Waals surface area contributed by atoms with Gasteiger partial charge in [0, 0.05) is 0 Å². The second-order valence-corrected chi connectivity index (χ2v) is 4.01. The van der Waals surface area contributed by atoms with Crippen molar-refractivity contribution in [3.63, 3.8) is 0 Å². The van der Waals surface area contributed by atoms with Gasteiger partial charge >= 0.3 is 5.97 Å². The third kappa shape index (κ3) is 2.92. The smallest absolute Gasteiger partial charge is 0.341 e. The zero-order valence-corrected chi connectivity index (χ0v) is 10.2. The molecule has 0 aliphatic heterocycles. The number of pyridine rings is 1. The molecule has 1 heterocycles. The number of halogens is 2. The average molecular weight is 283 g/mol. The van der Waals surface area contributed by atoms with Crippen LogP contribution >= 0.6 is 11.6 Å². The first kappa shape index (κ1) is 13.1. The van der Waals surface area contributed by atoms with Crippen LogP contribution in [0.25, 0.3) is 0 Å². The summed E-state index contributed by atoms with van der Waals surface area (Å²) >= 11 is 5.78. The zero-order valence-electron chi connectivity index (χ0n) is 9.43. The van der Waals surface area contributed by atoms with E-state index in [-0.39, 0.29) is 27.9 Å². The molecule has 0 spiro atoms. The van der Waals surface area contributed by atoms with Gasteiger partial charge in [0.2, 0.25) is 5.88 Å². The number of aromatic carboxylic acids is 1. The topological polar surface area (TPSA) is 85.4 Å². The summed E-state index contributed by atoms with van der Waals surface area (Å²) in [6.45, 7) is 0. The van der Waals surface area contributed by atoms with Gasteiger partial charge in [-0.05, 0) is 24.3 Å². The maximum absolute atomic E-state index is 12.9. The maximum Gasteiger partial charge on any atom is 0.341 e. The third-order valence-electron chi connectivity index (χ3n) is 2.20. The maximum atomic E-state index is 12.9. The number of nitrogens with zero attached hydrogens (tertiary/aromatic N) is 1. The van der Waals surface area contributed by atoms with Gasteiger partial charge in [0.1, 0.15) is 17.1 Å². The molecular weight excluding hydrogens is 275 g/mol. The van der Waals surface area contributed by atoms with Crippen LogP contribution in [0.4, 0.5) is 10.1 Å². The summed E-state index contributed by atoms with van der Waals surface area (Å²) in [6.07, 6.45) is 1.25. The van der Waals surface area contributed by atoms with Gasteiger partial charge in [0.25, 0.3) is 0 Å². The highest BCUT2D eigenvalue weighted by atomic mass is 35.5. The van der Waals surface area contributed by atoms with Gasteiger partial charge < -0.3 is 15.6 Å². The molecule has 0 saturated heterocycles. The summed E-state index contributed by atoms with van der Waals surface area (Å²) in [6, 6.07) is 4.68. The summed E-state index contributed by atoms with van der Waals surface area (Å²) < 4.78 is 18.1. The number of ether oxygens (including phenoxy) is 1. The number of carboxylic acid groups (broad SMARTS) is 1. The lowest BCUT2D eigenvalue weighted by atomic mass is 10.2. The molecule has 0 aliphatic rings. The molecule has 2 rings (SSSR count). The Hall–Kier alpha value is -2.34. The van der Waals surface area contributed by atoms with Crippen molar-refractivity contribution < 1.29 is 19.0 Å². The van der Waals surface area contributed by atoms with E-state index in [0.29, 0.717) is 0 Å². The number of carbonyl (C=O) groups is 1. The lowest BCUT2D eigenvalue weighted by Gasteiger charge is -2.09. The van der Waals surface area contributed by atoms with Crippen LogP contribution in [0, 0.1) is 5.82 Å². The molecule has 0 radical (unpaired) electrons. The zero-order chi connectivity index (χ0) is 14.0. The summed E-state index contributed by atoms with van der Waals surface area (Å²) in [5.74, 6) is -1.84. The first-order valence-electron chi connectivity index (χ1n) is 5.09. The second kappa shape index (κ2) is 5.11. The van der Waals surface area contributed by atoms with E-state index in [9.17, 15) is 9.18 Å². The molecule has 2 aromatic rings. The number of hydrogen-bond acceptors (Lipinski definition) is 4. The van der Waals surface area contributed by atoms with E-state index in [1.165, 1.54) is 18.3 Å². The molecule has 7 heteroatoms. The predicted octanol–water partition coefficient (Wildman–Crippen LogP) is 2.95. The first-order valence-corrected chi connectivity index (χ1v) is 5.47. The largest absolute Gasteiger partial charge is 0.477 e. The number of nitrogens with two attached hydrogens (primary N) is 1. The summed E-state index contributed by atoms with van der Waals surface area (Å²) in [5, 5.41) is 9.02. The summed E-state index contributed by atoms with van der Waals surface area (Å²) in [4.78, 5) is 14.8. The van der Waals surface area contributed by atoms with Gasteiger partial charge in [-0.3, -0.25) is 0 Å². The van der Waals surface area contributed by atoms with Gasteiger partial charge in [0.15, 0.2) is 0 Å². The van der Waals surface area contributed by atoms with E-state index in [4.69, 9.17) is 27.2 Å². The number of nitrogen functional groups attached to an aromatic ring is 1. The monoisotopic (exact) mass is 282 g/mol. The van der Waals surface area contributed by atoms with Crippen molar-refractivity contribution in [1.29, 1.82) is 0 Å². The number of benzene rings is 1. The van der Waals surface area contributed by atoms with Crippen molar-refractivity contribution in [1.82, 2.24) is 4.98 Å². The number of aromatic nitrogens is 1. The van der Waals surface area contributed by atoms with Gasteiger partial charge in [0.05, 0.1) is 16.9 Å². The molecular formula is C12H8ClFN2O3. The van der Waals surface area contributed by atoms with Crippen LogP contribution in [0.1, 0.15) is 10.4 Å². The molecule has 0 aliphatic carbocycles. The minimum atomic E-state index is -1.24. The second-order valence-electron chi connectivity index (χ2n) is 3.60. The van der Waals surface area contributed by atoms with E-state index in [1.807, 2.05) is 0 Å². The highest BCUT2D eigenvalue weighted by molar-refractivity contribution is 6.32. The molecule has 5 nitrogen and oxygen atoms in total. The Labute approximate surface area is 112 Å². The van der Waals surface area contributed by atoms with Crippen molar-refractivity contribution in [2.45, 2.75) is 0 Å². The Bertz CT molecular complexity index is 649. The quantitative estimate of drug-likeness (QED) is 0.904. The van der Waals surface area contributed by atoms with Crippen molar-refractivity contribution >= 4 is 23.3 Å². The Morgan fingerprint density at radius 3 is 2.79 bits per heavy atom. The van der Waals surface area contributed by atoms with E-state index in [0.717, 1.165) is 12.1 Å². The van der Waals surface area contributed by atoms with Crippen LogP contribution < -0.4 is 10.5 Å². The van der Waals surface area contributed by atoms with E-state index >= 15 is 0 Å². The lowest BCUT2D eigenvalue weighted by molar-refractivity contribution is 0.0693. The minimum absolute atomic E-state index is 0.00923. The van der Waals surface area contributed by atoms with Gasteiger partial charge in [-0.1, -0.05) is 11.6 Å². The molecule has 0 amide bonds. The lowest BCUT2D eigenvalue weighted by Crippen LogP contribution is -2.03. The number of carboxylic acids is 1. The molecule has 1 aromatic carbocycles. The molecule has 1 aromatic heterocycles. The van der Waals surface area contributed by atoms with E-state index in [1.54, 1.807) is 0 Å². The number of rotatable bonds is 3. The van der Waals surface area contributed by atoms with Crippen LogP contribution in [-0.2, 0) is 0 Å². The predicted molar refractivity (Wildman–Crippen MR) is 67.1 cm³/mol. The molecule has 19 heavy (non-hydrogen) atoms. The summed E-state index contributed by atoms with van der Waals surface area (Å²) in [5.41, 5.74) is 5.43. The molecule has 0 fully saturated rings. The Kier molecular flexibility index (Phi) is 3.52. The Morgan fingerprint density at radius 2 is 2.16 bits per heavy atom. The highest BCUT2D eigenvalue weighted by Gasteiger charge is 2.15. The van der Waals surface area contributed by atoms with Crippen LogP contribution in [0.15, 0.2) is 30.5 Å². The van der Waals surface area contributed by atoms with Crippen molar-refractivity contribution in [2.24, 2.45) is 0 Å². The highest BCUT2D eigenvalue weighted by Crippen LogP contribution is 2.31. The first-order chi connectivity index (χ1) is 8.97. The van der Waals surface area contributed by atoms with Crippen LogP contribution in [0.5, 0.6) is 11.6 Å². The van der Waals surface area contributed by atoms with Crippen molar-refractivity contribution in [3.8, 4) is 11.6 Å².